The topological polar surface area (TPSA) is 66.8 Å². The number of benzene rings is 1. The Hall–Kier alpha value is -2.56. The first kappa shape index (κ1) is 18.2. The maximum atomic E-state index is 12.9. The van der Waals surface area contributed by atoms with Gasteiger partial charge in [0.25, 0.3) is 0 Å². The number of ether oxygens (including phenoxy) is 1. The maximum absolute atomic E-state index is 12.9. The smallest absolute Gasteiger partial charge is 0.332 e. The normalized spacial score (nSPS) is 23.5. The highest BCUT2D eigenvalue weighted by atomic mass is 16.5. The van der Waals surface area contributed by atoms with E-state index in [4.69, 9.17) is 4.74 Å². The molecule has 3 rings (SSSR count). The lowest BCUT2D eigenvalue weighted by Gasteiger charge is -2.21. The van der Waals surface area contributed by atoms with Crippen molar-refractivity contribution in [3.8, 4) is 5.75 Å². The molecule has 1 heterocycles. The SMILES string of the molecule is COc1cccc(/C=C(\C(=O)O)C(C)C(=O)N2CC3CC=CCC3C2)c1. The molecule has 1 fully saturated rings. The van der Waals surface area contributed by atoms with Crippen LogP contribution < -0.4 is 4.74 Å². The number of aliphatic carboxylic acids is 1. The van der Waals surface area contributed by atoms with Crippen molar-refractivity contribution in [2.75, 3.05) is 20.2 Å². The van der Waals surface area contributed by atoms with E-state index in [2.05, 4.69) is 12.2 Å². The van der Waals surface area contributed by atoms with E-state index >= 15 is 0 Å². The molecule has 1 N–H and O–H groups in total. The van der Waals surface area contributed by atoms with E-state index < -0.39 is 11.9 Å². The number of carbonyl (C=O) groups excluding carboxylic acids is 1. The van der Waals surface area contributed by atoms with Gasteiger partial charge in [0.2, 0.25) is 5.91 Å². The van der Waals surface area contributed by atoms with Crippen molar-refractivity contribution in [1.29, 1.82) is 0 Å². The molecule has 0 spiro atoms. The number of carbonyl (C=O) groups is 2. The van der Waals surface area contributed by atoms with Gasteiger partial charge in [-0.05, 0) is 55.4 Å². The number of likely N-dealkylation sites (tertiary alicyclic amines) is 1. The van der Waals surface area contributed by atoms with Gasteiger partial charge in [0.1, 0.15) is 5.75 Å². The van der Waals surface area contributed by atoms with E-state index in [0.29, 0.717) is 23.1 Å². The lowest BCUT2D eigenvalue weighted by atomic mass is 9.86. The van der Waals surface area contributed by atoms with Crippen LogP contribution in [0.1, 0.15) is 25.3 Å². The Morgan fingerprint density at radius 1 is 1.23 bits per heavy atom. The van der Waals surface area contributed by atoms with Crippen LogP contribution in [0.4, 0.5) is 0 Å². The number of carboxylic acid groups (broad SMARTS) is 1. The minimum absolute atomic E-state index is 0.101. The van der Waals surface area contributed by atoms with Gasteiger partial charge in [0.15, 0.2) is 0 Å². The van der Waals surface area contributed by atoms with Gasteiger partial charge in [-0.2, -0.15) is 0 Å². The first-order valence-electron chi connectivity index (χ1n) is 9.02. The Kier molecular flexibility index (Phi) is 5.45. The molecule has 1 amide bonds. The van der Waals surface area contributed by atoms with Gasteiger partial charge in [-0.3, -0.25) is 4.79 Å². The second kappa shape index (κ2) is 7.77. The molecule has 5 heteroatoms. The number of hydrogen-bond donors (Lipinski definition) is 1. The van der Waals surface area contributed by atoms with Gasteiger partial charge >= 0.3 is 5.97 Å². The molecule has 3 atom stereocenters. The van der Waals surface area contributed by atoms with Crippen LogP contribution in [-0.4, -0.2) is 42.1 Å². The van der Waals surface area contributed by atoms with Crippen molar-refractivity contribution < 1.29 is 19.4 Å². The average molecular weight is 355 g/mol. The molecule has 2 aliphatic rings. The van der Waals surface area contributed by atoms with Gasteiger partial charge in [-0.1, -0.05) is 24.3 Å². The van der Waals surface area contributed by atoms with E-state index in [1.807, 2.05) is 4.90 Å². The van der Waals surface area contributed by atoms with E-state index in [-0.39, 0.29) is 11.5 Å². The second-order valence-electron chi connectivity index (χ2n) is 7.11. The number of allylic oxidation sites excluding steroid dienone is 2. The van der Waals surface area contributed by atoms with Gasteiger partial charge in [0, 0.05) is 18.7 Å². The van der Waals surface area contributed by atoms with Crippen molar-refractivity contribution >= 4 is 18.0 Å². The second-order valence-corrected chi connectivity index (χ2v) is 7.11. The summed E-state index contributed by atoms with van der Waals surface area (Å²) in [4.78, 5) is 26.6. The predicted octanol–water partition coefficient (Wildman–Crippen LogP) is 3.22. The summed E-state index contributed by atoms with van der Waals surface area (Å²) < 4.78 is 5.18. The monoisotopic (exact) mass is 355 g/mol. The zero-order chi connectivity index (χ0) is 18.7. The van der Waals surface area contributed by atoms with Gasteiger partial charge in [0.05, 0.1) is 13.0 Å². The Morgan fingerprint density at radius 3 is 2.46 bits per heavy atom. The van der Waals surface area contributed by atoms with Crippen LogP contribution in [0, 0.1) is 17.8 Å². The Balaban J connectivity index is 1.78. The number of rotatable bonds is 5. The Morgan fingerprint density at radius 2 is 1.88 bits per heavy atom. The third-order valence-corrected chi connectivity index (χ3v) is 5.43. The van der Waals surface area contributed by atoms with Crippen LogP contribution in [0.25, 0.3) is 6.08 Å². The van der Waals surface area contributed by atoms with Crippen LogP contribution >= 0.6 is 0 Å². The van der Waals surface area contributed by atoms with Crippen molar-refractivity contribution in [3.05, 3.63) is 47.6 Å². The highest BCUT2D eigenvalue weighted by Crippen LogP contribution is 2.34. The summed E-state index contributed by atoms with van der Waals surface area (Å²) in [5.41, 5.74) is 0.817. The van der Waals surface area contributed by atoms with Crippen molar-refractivity contribution in [3.63, 3.8) is 0 Å². The maximum Gasteiger partial charge on any atom is 0.332 e. The molecule has 0 radical (unpaired) electrons. The number of amides is 1. The van der Waals surface area contributed by atoms with Crippen LogP contribution in [0.2, 0.25) is 0 Å². The fourth-order valence-corrected chi connectivity index (χ4v) is 3.88. The number of methoxy groups -OCH3 is 1. The molecule has 3 unspecified atom stereocenters. The molecule has 0 saturated carbocycles. The molecule has 1 saturated heterocycles. The Labute approximate surface area is 154 Å². The minimum Gasteiger partial charge on any atom is -0.497 e. The fraction of sp³-hybridized carbons (Fsp3) is 0.429. The van der Waals surface area contributed by atoms with Crippen molar-refractivity contribution in [2.24, 2.45) is 17.8 Å². The molecule has 1 aromatic carbocycles. The summed E-state index contributed by atoms with van der Waals surface area (Å²) in [6.07, 6.45) is 7.95. The molecule has 138 valence electrons. The van der Waals surface area contributed by atoms with Crippen LogP contribution in [0.5, 0.6) is 5.75 Å². The quantitative estimate of drug-likeness (QED) is 0.650. The third-order valence-electron chi connectivity index (χ3n) is 5.43. The molecule has 0 bridgehead atoms. The van der Waals surface area contributed by atoms with E-state index in [1.54, 1.807) is 44.4 Å². The van der Waals surface area contributed by atoms with E-state index in [9.17, 15) is 14.7 Å². The van der Waals surface area contributed by atoms with Crippen LogP contribution in [0.3, 0.4) is 0 Å². The predicted molar refractivity (Wildman–Crippen MR) is 99.7 cm³/mol. The summed E-state index contributed by atoms with van der Waals surface area (Å²) in [5, 5.41) is 9.65. The standard InChI is InChI=1S/C21H25NO4/c1-14(20(23)22-12-16-7-3-4-8-17(16)13-22)19(21(24)25)11-15-6-5-9-18(10-15)26-2/h3-6,9-11,14,16-17H,7-8,12-13H2,1-2H3,(H,24,25)/b19-11-. The first-order chi connectivity index (χ1) is 12.5. The fourth-order valence-electron chi connectivity index (χ4n) is 3.88. The van der Waals surface area contributed by atoms with Gasteiger partial charge in [-0.15, -0.1) is 0 Å². The summed E-state index contributed by atoms with van der Waals surface area (Å²) in [6.45, 7) is 3.14. The molecule has 26 heavy (non-hydrogen) atoms. The number of nitrogens with zero attached hydrogens (tertiary/aromatic N) is 1. The van der Waals surface area contributed by atoms with Gasteiger partial charge in [-0.25, -0.2) is 4.79 Å². The van der Waals surface area contributed by atoms with E-state index in [0.717, 1.165) is 25.9 Å². The number of carboxylic acids is 1. The highest BCUT2D eigenvalue weighted by Gasteiger charge is 2.37. The van der Waals surface area contributed by atoms with Crippen molar-refractivity contribution in [2.45, 2.75) is 19.8 Å². The summed E-state index contributed by atoms with van der Waals surface area (Å²) in [5.74, 6) is -0.188. The Bertz CT molecular complexity index is 736. The molecule has 1 aromatic rings. The molecular formula is C21H25NO4. The van der Waals surface area contributed by atoms with Gasteiger partial charge < -0.3 is 14.7 Å². The lowest BCUT2D eigenvalue weighted by molar-refractivity contribution is -0.138. The highest BCUT2D eigenvalue weighted by molar-refractivity contribution is 5.99. The van der Waals surface area contributed by atoms with Crippen molar-refractivity contribution in [1.82, 2.24) is 4.90 Å². The lowest BCUT2D eigenvalue weighted by Crippen LogP contribution is -2.35. The first-order valence-corrected chi connectivity index (χ1v) is 9.02. The van der Waals surface area contributed by atoms with Crippen LogP contribution in [-0.2, 0) is 9.59 Å². The molecular weight excluding hydrogens is 330 g/mol. The number of fused-ring (bicyclic) bond motifs is 1. The summed E-state index contributed by atoms with van der Waals surface area (Å²) in [6, 6.07) is 7.16. The minimum atomic E-state index is -1.06. The zero-order valence-corrected chi connectivity index (χ0v) is 15.2. The van der Waals surface area contributed by atoms with Crippen LogP contribution in [0.15, 0.2) is 42.0 Å². The summed E-state index contributed by atoms with van der Waals surface area (Å²) in [7, 11) is 1.56. The molecule has 0 aromatic heterocycles. The molecule has 1 aliphatic heterocycles. The summed E-state index contributed by atoms with van der Waals surface area (Å²) >= 11 is 0. The van der Waals surface area contributed by atoms with E-state index in [1.165, 1.54) is 0 Å². The molecule has 1 aliphatic carbocycles. The zero-order valence-electron chi connectivity index (χ0n) is 15.2. The average Bonchev–Trinajstić information content (AvgIpc) is 3.09. The number of hydrogen-bond acceptors (Lipinski definition) is 3. The third kappa shape index (κ3) is 3.82. The molecule has 5 nitrogen and oxygen atoms in total. The largest absolute Gasteiger partial charge is 0.497 e.